The van der Waals surface area contributed by atoms with Gasteiger partial charge < -0.3 is 5.73 Å². The van der Waals surface area contributed by atoms with E-state index in [1.165, 1.54) is 19.4 Å². The molecule has 0 radical (unpaired) electrons. The summed E-state index contributed by atoms with van der Waals surface area (Å²) in [6, 6.07) is 1.10. The Hall–Kier alpha value is -0.500. The molecule has 70 valence electrons. The highest BCUT2D eigenvalue weighted by Crippen LogP contribution is 2.22. The molecule has 0 saturated carbocycles. The first-order chi connectivity index (χ1) is 5.66. The minimum absolute atomic E-state index is 0.405. The smallest absolute Gasteiger partial charge is 0.0487 e. The lowest BCUT2D eigenvalue weighted by atomic mass is 10.1. The lowest BCUT2D eigenvalue weighted by Gasteiger charge is -2.30. The molecule has 1 fully saturated rings. The zero-order valence-corrected chi connectivity index (χ0v) is 8.21. The number of nitrogens with two attached hydrogens (primary N) is 1. The summed E-state index contributed by atoms with van der Waals surface area (Å²) in [6.07, 6.45) is 3.70. The van der Waals surface area contributed by atoms with Gasteiger partial charge in [-0.25, -0.2) is 0 Å². The third kappa shape index (κ3) is 1.81. The number of nitrogens with zero attached hydrogens (tertiary/aromatic N) is 1. The van der Waals surface area contributed by atoms with E-state index >= 15 is 0 Å². The molecule has 0 aromatic rings. The molecule has 1 unspecified atom stereocenters. The standard InChI is InChI=1S/C10H20N2/c1-4-10(9(3)11)12-7-5-6-8(12)2/h8,10H,3-7,11H2,1-2H3/t8?,10-/m0/s1. The number of likely N-dealkylation sites (tertiary alicyclic amines) is 1. The van der Waals surface area contributed by atoms with Crippen LogP contribution >= 0.6 is 0 Å². The average Bonchev–Trinajstić information content (AvgIpc) is 2.38. The Labute approximate surface area is 75.4 Å². The van der Waals surface area contributed by atoms with Crippen molar-refractivity contribution in [3.05, 3.63) is 12.3 Å². The fourth-order valence-electron chi connectivity index (χ4n) is 2.13. The molecule has 0 aromatic heterocycles. The van der Waals surface area contributed by atoms with E-state index in [1.54, 1.807) is 0 Å². The molecular formula is C10H20N2. The van der Waals surface area contributed by atoms with E-state index in [2.05, 4.69) is 25.3 Å². The third-order valence-corrected chi connectivity index (χ3v) is 2.82. The van der Waals surface area contributed by atoms with Gasteiger partial charge in [-0.05, 0) is 32.7 Å². The molecule has 12 heavy (non-hydrogen) atoms. The summed E-state index contributed by atoms with van der Waals surface area (Å²) in [5.74, 6) is 0. The third-order valence-electron chi connectivity index (χ3n) is 2.82. The first-order valence-electron chi connectivity index (χ1n) is 4.86. The van der Waals surface area contributed by atoms with Gasteiger partial charge in [0.15, 0.2) is 0 Å². The van der Waals surface area contributed by atoms with Crippen LogP contribution in [0.25, 0.3) is 0 Å². The van der Waals surface area contributed by atoms with Gasteiger partial charge in [0.1, 0.15) is 0 Å². The van der Waals surface area contributed by atoms with E-state index < -0.39 is 0 Å². The normalized spacial score (nSPS) is 27.3. The fourth-order valence-corrected chi connectivity index (χ4v) is 2.13. The molecule has 0 spiro atoms. The second-order valence-corrected chi connectivity index (χ2v) is 3.73. The van der Waals surface area contributed by atoms with Gasteiger partial charge >= 0.3 is 0 Å². The Bertz CT molecular complexity index is 165. The van der Waals surface area contributed by atoms with E-state index in [9.17, 15) is 0 Å². The molecule has 0 amide bonds. The minimum Gasteiger partial charge on any atom is -0.401 e. The summed E-state index contributed by atoms with van der Waals surface area (Å²) in [4.78, 5) is 2.47. The molecule has 2 atom stereocenters. The van der Waals surface area contributed by atoms with Crippen molar-refractivity contribution >= 4 is 0 Å². The summed E-state index contributed by atoms with van der Waals surface area (Å²) in [7, 11) is 0. The summed E-state index contributed by atoms with van der Waals surface area (Å²) < 4.78 is 0. The van der Waals surface area contributed by atoms with Crippen molar-refractivity contribution < 1.29 is 0 Å². The Morgan fingerprint density at radius 2 is 2.42 bits per heavy atom. The topological polar surface area (TPSA) is 29.3 Å². The molecule has 1 heterocycles. The Morgan fingerprint density at radius 3 is 2.75 bits per heavy atom. The molecule has 1 aliphatic rings. The Morgan fingerprint density at radius 1 is 1.75 bits per heavy atom. The maximum Gasteiger partial charge on any atom is 0.0487 e. The Kier molecular flexibility index (Phi) is 3.15. The summed E-state index contributed by atoms with van der Waals surface area (Å²) in [6.45, 7) is 9.48. The van der Waals surface area contributed by atoms with Gasteiger partial charge in [-0.2, -0.15) is 0 Å². The minimum atomic E-state index is 0.405. The van der Waals surface area contributed by atoms with Gasteiger partial charge in [0, 0.05) is 17.8 Å². The van der Waals surface area contributed by atoms with Gasteiger partial charge in [-0.15, -0.1) is 0 Å². The van der Waals surface area contributed by atoms with E-state index in [0.29, 0.717) is 12.1 Å². The average molecular weight is 168 g/mol. The molecule has 2 nitrogen and oxygen atoms in total. The van der Waals surface area contributed by atoms with Crippen molar-refractivity contribution in [2.75, 3.05) is 6.54 Å². The van der Waals surface area contributed by atoms with E-state index in [1.807, 2.05) is 0 Å². The molecule has 1 aliphatic heterocycles. The van der Waals surface area contributed by atoms with Crippen LogP contribution in [0, 0.1) is 0 Å². The zero-order chi connectivity index (χ0) is 9.14. The van der Waals surface area contributed by atoms with Gasteiger partial charge in [0.25, 0.3) is 0 Å². The van der Waals surface area contributed by atoms with Crippen molar-refractivity contribution in [3.8, 4) is 0 Å². The van der Waals surface area contributed by atoms with E-state index in [4.69, 9.17) is 5.73 Å². The van der Waals surface area contributed by atoms with Crippen LogP contribution in [0.4, 0.5) is 0 Å². The monoisotopic (exact) mass is 168 g/mol. The maximum atomic E-state index is 5.75. The first kappa shape index (κ1) is 9.59. The fraction of sp³-hybridized carbons (Fsp3) is 0.800. The predicted molar refractivity (Wildman–Crippen MR) is 52.8 cm³/mol. The number of hydrogen-bond donors (Lipinski definition) is 1. The molecule has 1 rings (SSSR count). The SMILES string of the molecule is C=C(N)[C@H](CC)N1CCCC1C. The maximum absolute atomic E-state index is 5.75. The Balaban J connectivity index is 2.58. The molecular weight excluding hydrogens is 148 g/mol. The van der Waals surface area contributed by atoms with Gasteiger partial charge in [-0.1, -0.05) is 13.5 Å². The van der Waals surface area contributed by atoms with Crippen LogP contribution < -0.4 is 5.73 Å². The summed E-state index contributed by atoms with van der Waals surface area (Å²) in [5.41, 5.74) is 6.58. The molecule has 2 heteroatoms. The molecule has 1 saturated heterocycles. The highest BCUT2D eigenvalue weighted by Gasteiger charge is 2.27. The lowest BCUT2D eigenvalue weighted by Crippen LogP contribution is -2.40. The van der Waals surface area contributed by atoms with Crippen LogP contribution in [0.5, 0.6) is 0 Å². The quantitative estimate of drug-likeness (QED) is 0.695. The van der Waals surface area contributed by atoms with Crippen LogP contribution in [-0.2, 0) is 0 Å². The van der Waals surface area contributed by atoms with Crippen molar-refractivity contribution in [2.24, 2.45) is 5.73 Å². The van der Waals surface area contributed by atoms with Crippen LogP contribution in [-0.4, -0.2) is 23.5 Å². The molecule has 0 aliphatic carbocycles. The zero-order valence-electron chi connectivity index (χ0n) is 8.21. The first-order valence-corrected chi connectivity index (χ1v) is 4.86. The predicted octanol–water partition coefficient (Wildman–Crippen LogP) is 1.72. The van der Waals surface area contributed by atoms with Crippen molar-refractivity contribution in [1.82, 2.24) is 4.90 Å². The molecule has 0 bridgehead atoms. The van der Waals surface area contributed by atoms with Gasteiger partial charge in [0.05, 0.1) is 0 Å². The highest BCUT2D eigenvalue weighted by atomic mass is 15.2. The summed E-state index contributed by atoms with van der Waals surface area (Å²) >= 11 is 0. The molecule has 2 N–H and O–H groups in total. The van der Waals surface area contributed by atoms with E-state index in [0.717, 1.165) is 12.1 Å². The second-order valence-electron chi connectivity index (χ2n) is 3.73. The highest BCUT2D eigenvalue weighted by molar-refractivity contribution is 5.02. The van der Waals surface area contributed by atoms with Crippen LogP contribution in [0.2, 0.25) is 0 Å². The largest absolute Gasteiger partial charge is 0.401 e. The van der Waals surface area contributed by atoms with Crippen LogP contribution in [0.3, 0.4) is 0 Å². The van der Waals surface area contributed by atoms with Crippen LogP contribution in [0.15, 0.2) is 12.3 Å². The van der Waals surface area contributed by atoms with Crippen LogP contribution in [0.1, 0.15) is 33.1 Å². The van der Waals surface area contributed by atoms with Crippen molar-refractivity contribution in [3.63, 3.8) is 0 Å². The molecule has 0 aromatic carbocycles. The lowest BCUT2D eigenvalue weighted by molar-refractivity contribution is 0.209. The van der Waals surface area contributed by atoms with Crippen molar-refractivity contribution in [1.29, 1.82) is 0 Å². The van der Waals surface area contributed by atoms with Crippen molar-refractivity contribution in [2.45, 2.75) is 45.2 Å². The van der Waals surface area contributed by atoms with E-state index in [-0.39, 0.29) is 0 Å². The van der Waals surface area contributed by atoms with Gasteiger partial charge in [0.2, 0.25) is 0 Å². The number of rotatable bonds is 3. The summed E-state index contributed by atoms with van der Waals surface area (Å²) in [5, 5.41) is 0. The number of hydrogen-bond acceptors (Lipinski definition) is 2. The van der Waals surface area contributed by atoms with Gasteiger partial charge in [-0.3, -0.25) is 4.90 Å². The second kappa shape index (κ2) is 3.94.